The van der Waals surface area contributed by atoms with Gasteiger partial charge in [-0.2, -0.15) is 0 Å². The van der Waals surface area contributed by atoms with E-state index in [0.29, 0.717) is 13.2 Å². The summed E-state index contributed by atoms with van der Waals surface area (Å²) in [4.78, 5) is 10.9. The molecule has 0 heterocycles. The van der Waals surface area contributed by atoms with Gasteiger partial charge >= 0.3 is 0 Å². The van der Waals surface area contributed by atoms with E-state index in [9.17, 15) is 10.1 Å². The van der Waals surface area contributed by atoms with Gasteiger partial charge in [0.05, 0.1) is 11.5 Å². The average molecular weight is 435 g/mol. The highest BCUT2D eigenvalue weighted by atomic mass is 28.4. The summed E-state index contributed by atoms with van der Waals surface area (Å²) in [6.07, 6.45) is 0. The summed E-state index contributed by atoms with van der Waals surface area (Å²) in [7, 11) is -0.829. The smallest absolute Gasteiger partial charge is 0.269 e. The molecule has 1 N–H and O–H groups in total. The molecule has 0 saturated carbocycles. The van der Waals surface area contributed by atoms with Crippen molar-refractivity contribution in [3.05, 3.63) is 100 Å². The van der Waals surface area contributed by atoms with Crippen LogP contribution in [0.15, 0.2) is 78.9 Å². The lowest BCUT2D eigenvalue weighted by Crippen LogP contribution is -2.66. The first-order chi connectivity index (χ1) is 14.8. The Morgan fingerprint density at radius 2 is 1.45 bits per heavy atom. The topological polar surface area (TPSA) is 64.4 Å². The predicted molar refractivity (Wildman–Crippen MR) is 128 cm³/mol. The Labute approximate surface area is 185 Å². The molecule has 0 radical (unpaired) electrons. The molecule has 6 heteroatoms. The molecule has 162 valence electrons. The number of nitro groups is 1. The van der Waals surface area contributed by atoms with Crippen molar-refractivity contribution in [1.82, 2.24) is 5.32 Å². The molecule has 3 aromatic carbocycles. The first-order valence-corrected chi connectivity index (χ1v) is 12.4. The van der Waals surface area contributed by atoms with Gasteiger partial charge in [0, 0.05) is 18.7 Å². The normalized spacial score (nSPS) is 12.0. The van der Waals surface area contributed by atoms with E-state index >= 15 is 0 Å². The second-order valence-corrected chi connectivity index (χ2v) is 13.0. The highest BCUT2D eigenvalue weighted by Crippen LogP contribution is 2.37. The SMILES string of the molecule is CNCc1cc([N+](=O)[O-])ccc1CO[Si](c1ccccc1)(c1ccccc1)C(C)(C)C. The van der Waals surface area contributed by atoms with Gasteiger partial charge in [0.15, 0.2) is 0 Å². The lowest BCUT2D eigenvalue weighted by molar-refractivity contribution is -0.384. The van der Waals surface area contributed by atoms with Crippen molar-refractivity contribution in [2.75, 3.05) is 7.05 Å². The molecule has 0 amide bonds. The van der Waals surface area contributed by atoms with E-state index < -0.39 is 8.32 Å². The molecule has 0 aliphatic rings. The highest BCUT2D eigenvalue weighted by molar-refractivity contribution is 6.99. The molecule has 3 rings (SSSR count). The molecule has 3 aromatic rings. The summed E-state index contributed by atoms with van der Waals surface area (Å²) >= 11 is 0. The van der Waals surface area contributed by atoms with Crippen molar-refractivity contribution in [1.29, 1.82) is 0 Å². The molecule has 5 nitrogen and oxygen atoms in total. The summed E-state index contributed by atoms with van der Waals surface area (Å²) in [5.74, 6) is 0. The van der Waals surface area contributed by atoms with Crippen LogP contribution < -0.4 is 15.7 Å². The van der Waals surface area contributed by atoms with Crippen molar-refractivity contribution >= 4 is 24.4 Å². The molecule has 0 aliphatic carbocycles. The van der Waals surface area contributed by atoms with Crippen LogP contribution in [0.1, 0.15) is 31.9 Å². The van der Waals surface area contributed by atoms with E-state index in [1.807, 2.05) is 25.2 Å². The third-order valence-electron chi connectivity index (χ3n) is 5.63. The molecule has 0 fully saturated rings. The maximum Gasteiger partial charge on any atom is 0.269 e. The number of nitrogens with one attached hydrogen (secondary N) is 1. The Balaban J connectivity index is 2.10. The summed E-state index contributed by atoms with van der Waals surface area (Å²) in [6.45, 7) is 7.65. The minimum absolute atomic E-state index is 0.0967. The van der Waals surface area contributed by atoms with Gasteiger partial charge in [-0.15, -0.1) is 0 Å². The van der Waals surface area contributed by atoms with Crippen molar-refractivity contribution in [2.24, 2.45) is 0 Å². The predicted octanol–water partition coefficient (Wildman–Crippen LogP) is 4.39. The fraction of sp³-hybridized carbons (Fsp3) is 0.280. The quantitative estimate of drug-likeness (QED) is 0.324. The monoisotopic (exact) mass is 434 g/mol. The van der Waals surface area contributed by atoms with Crippen molar-refractivity contribution in [3.63, 3.8) is 0 Å². The van der Waals surface area contributed by atoms with E-state index in [1.54, 1.807) is 12.1 Å². The van der Waals surface area contributed by atoms with Gasteiger partial charge in [0.1, 0.15) is 0 Å². The Morgan fingerprint density at radius 3 is 1.90 bits per heavy atom. The van der Waals surface area contributed by atoms with Crippen LogP contribution in [0.3, 0.4) is 0 Å². The van der Waals surface area contributed by atoms with Crippen LogP contribution in [0.25, 0.3) is 0 Å². The molecule has 0 spiro atoms. The second-order valence-electron chi connectivity index (χ2n) is 8.69. The van der Waals surface area contributed by atoms with Gasteiger partial charge in [-0.25, -0.2) is 0 Å². The first-order valence-electron chi connectivity index (χ1n) is 10.5. The lowest BCUT2D eigenvalue weighted by atomic mass is 10.1. The lowest BCUT2D eigenvalue weighted by Gasteiger charge is -2.43. The van der Waals surface area contributed by atoms with E-state index in [4.69, 9.17) is 4.43 Å². The van der Waals surface area contributed by atoms with Gasteiger partial charge in [-0.05, 0) is 39.7 Å². The van der Waals surface area contributed by atoms with E-state index in [0.717, 1.165) is 11.1 Å². The summed E-state index contributed by atoms with van der Waals surface area (Å²) in [5, 5.41) is 16.7. The third kappa shape index (κ3) is 4.77. The molecule has 0 bridgehead atoms. The summed E-state index contributed by atoms with van der Waals surface area (Å²) < 4.78 is 6.98. The van der Waals surface area contributed by atoms with Crippen LogP contribution >= 0.6 is 0 Å². The zero-order valence-electron chi connectivity index (χ0n) is 18.6. The number of benzene rings is 3. The van der Waals surface area contributed by atoms with Crippen LogP contribution in [0.4, 0.5) is 5.69 Å². The van der Waals surface area contributed by atoms with E-state index in [1.165, 1.54) is 10.4 Å². The zero-order valence-corrected chi connectivity index (χ0v) is 19.6. The minimum atomic E-state index is -2.67. The van der Waals surface area contributed by atoms with Gasteiger partial charge < -0.3 is 9.74 Å². The third-order valence-corrected chi connectivity index (χ3v) is 10.6. The molecule has 0 aromatic heterocycles. The van der Waals surface area contributed by atoms with E-state index in [-0.39, 0.29) is 15.6 Å². The van der Waals surface area contributed by atoms with Crippen LogP contribution in [0.2, 0.25) is 5.04 Å². The Bertz CT molecular complexity index is 978. The molecule has 31 heavy (non-hydrogen) atoms. The standard InChI is InChI=1S/C25H30N2O3Si/c1-25(2,3)31(23-11-7-5-8-12-23,24-13-9-6-10-14-24)30-19-20-15-16-22(27(28)29)17-21(20)18-26-4/h5-17,26H,18-19H2,1-4H3. The largest absolute Gasteiger partial charge is 0.403 e. The van der Waals surface area contributed by atoms with Crippen LogP contribution in [-0.2, 0) is 17.6 Å². The highest BCUT2D eigenvalue weighted by Gasteiger charge is 2.50. The molecule has 0 unspecified atom stereocenters. The van der Waals surface area contributed by atoms with Crippen molar-refractivity contribution in [2.45, 2.75) is 39.0 Å². The molecule has 0 aliphatic heterocycles. The van der Waals surface area contributed by atoms with Gasteiger partial charge in [-0.1, -0.05) is 81.4 Å². The first kappa shape index (κ1) is 22.9. The van der Waals surface area contributed by atoms with Crippen molar-refractivity contribution in [3.8, 4) is 0 Å². The summed E-state index contributed by atoms with van der Waals surface area (Å²) in [6, 6.07) is 26.0. The zero-order chi connectivity index (χ0) is 22.5. The molecule has 0 saturated heterocycles. The number of hydrogen-bond donors (Lipinski definition) is 1. The van der Waals surface area contributed by atoms with Crippen LogP contribution in [0, 0.1) is 10.1 Å². The van der Waals surface area contributed by atoms with Crippen molar-refractivity contribution < 1.29 is 9.35 Å². The minimum Gasteiger partial charge on any atom is -0.403 e. The average Bonchev–Trinajstić information content (AvgIpc) is 2.75. The van der Waals surface area contributed by atoms with Gasteiger partial charge in [-0.3, -0.25) is 10.1 Å². The number of nitrogens with zero attached hydrogens (tertiary/aromatic N) is 1. The Kier molecular flexibility index (Phi) is 7.05. The number of rotatable bonds is 8. The van der Waals surface area contributed by atoms with Gasteiger partial charge in [0.2, 0.25) is 0 Å². The van der Waals surface area contributed by atoms with Gasteiger partial charge in [0.25, 0.3) is 14.0 Å². The molecular formula is C25H30N2O3Si. The number of non-ortho nitro benzene ring substituents is 1. The number of hydrogen-bond acceptors (Lipinski definition) is 4. The Morgan fingerprint density at radius 1 is 0.903 bits per heavy atom. The number of nitro benzene ring substituents is 1. The second kappa shape index (κ2) is 9.56. The maximum absolute atomic E-state index is 11.2. The fourth-order valence-electron chi connectivity index (χ4n) is 4.17. The summed E-state index contributed by atoms with van der Waals surface area (Å²) in [5.41, 5.74) is 1.95. The fourth-order valence-corrected chi connectivity index (χ4v) is 8.70. The Hall–Kier alpha value is -2.80. The van der Waals surface area contributed by atoms with Crippen LogP contribution in [0.5, 0.6) is 0 Å². The maximum atomic E-state index is 11.2. The molecule has 0 atom stereocenters. The van der Waals surface area contributed by atoms with E-state index in [2.05, 4.69) is 74.6 Å². The van der Waals surface area contributed by atoms with Crippen LogP contribution in [-0.4, -0.2) is 20.3 Å². The molecular weight excluding hydrogens is 404 g/mol.